The molecule has 0 aromatic heterocycles. The molecular weight excluding hydrogens is 172 g/mol. The van der Waals surface area contributed by atoms with Crippen molar-refractivity contribution < 1.29 is 9.90 Å². The van der Waals surface area contributed by atoms with Crippen LogP contribution in [0.5, 0.6) is 0 Å². The summed E-state index contributed by atoms with van der Waals surface area (Å²) in [6.07, 6.45) is 0. The average Bonchev–Trinajstić information content (AvgIpc) is 1.64. The summed E-state index contributed by atoms with van der Waals surface area (Å²) < 4.78 is 0. The van der Waals surface area contributed by atoms with E-state index in [-0.39, 0.29) is 10.7 Å². The molecule has 0 saturated heterocycles. The standard InChI is InChI=1S/C5H9BrO2/c1-3(4(2)6)5(7)8/h3-4H,1-2H3,(H,7,8)/t3-,4?/m1/s1. The van der Waals surface area contributed by atoms with E-state index < -0.39 is 5.97 Å². The van der Waals surface area contributed by atoms with E-state index in [1.807, 2.05) is 6.92 Å². The topological polar surface area (TPSA) is 37.3 Å². The molecule has 1 N–H and O–H groups in total. The number of carbonyl (C=O) groups is 1. The quantitative estimate of drug-likeness (QED) is 0.655. The zero-order chi connectivity index (χ0) is 6.73. The molecule has 8 heavy (non-hydrogen) atoms. The molecule has 2 atom stereocenters. The van der Waals surface area contributed by atoms with Gasteiger partial charge in [-0.05, 0) is 0 Å². The molecule has 48 valence electrons. The molecule has 0 fully saturated rings. The van der Waals surface area contributed by atoms with Crippen LogP contribution in [0.2, 0.25) is 0 Å². The fraction of sp³-hybridized carbons (Fsp3) is 0.800. The molecule has 0 aromatic carbocycles. The van der Waals surface area contributed by atoms with Crippen molar-refractivity contribution in [2.75, 3.05) is 0 Å². The molecule has 0 saturated carbocycles. The van der Waals surface area contributed by atoms with Gasteiger partial charge >= 0.3 is 5.97 Å². The van der Waals surface area contributed by atoms with Crippen LogP contribution in [-0.2, 0) is 4.79 Å². The number of carboxylic acids is 1. The number of halogens is 1. The van der Waals surface area contributed by atoms with Crippen LogP contribution in [0.1, 0.15) is 13.8 Å². The third-order valence-corrected chi connectivity index (χ3v) is 1.87. The van der Waals surface area contributed by atoms with E-state index in [4.69, 9.17) is 5.11 Å². The number of hydrogen-bond acceptors (Lipinski definition) is 1. The molecule has 0 aliphatic rings. The molecule has 0 radical (unpaired) electrons. The third-order valence-electron chi connectivity index (χ3n) is 1.08. The van der Waals surface area contributed by atoms with Gasteiger partial charge < -0.3 is 5.11 Å². The van der Waals surface area contributed by atoms with Gasteiger partial charge in [0.1, 0.15) is 0 Å². The molecule has 0 aromatic rings. The maximum atomic E-state index is 10.1. The van der Waals surface area contributed by atoms with Gasteiger partial charge in [0.05, 0.1) is 5.92 Å². The van der Waals surface area contributed by atoms with Gasteiger partial charge in [-0.1, -0.05) is 29.8 Å². The minimum Gasteiger partial charge on any atom is -0.481 e. The highest BCUT2D eigenvalue weighted by molar-refractivity contribution is 9.09. The largest absolute Gasteiger partial charge is 0.481 e. The molecule has 0 amide bonds. The van der Waals surface area contributed by atoms with Crippen LogP contribution in [0.25, 0.3) is 0 Å². The van der Waals surface area contributed by atoms with Crippen LogP contribution in [0.15, 0.2) is 0 Å². The Morgan fingerprint density at radius 1 is 1.62 bits per heavy atom. The van der Waals surface area contributed by atoms with E-state index >= 15 is 0 Å². The van der Waals surface area contributed by atoms with Crippen LogP contribution >= 0.6 is 15.9 Å². The summed E-state index contributed by atoms with van der Waals surface area (Å²) in [5.41, 5.74) is 0. The summed E-state index contributed by atoms with van der Waals surface area (Å²) in [5.74, 6) is -1.05. The van der Waals surface area contributed by atoms with Crippen LogP contribution in [0.4, 0.5) is 0 Å². The van der Waals surface area contributed by atoms with Crippen LogP contribution in [-0.4, -0.2) is 15.9 Å². The van der Waals surface area contributed by atoms with Gasteiger partial charge in [0, 0.05) is 4.83 Å². The van der Waals surface area contributed by atoms with Gasteiger partial charge in [-0.3, -0.25) is 4.79 Å². The van der Waals surface area contributed by atoms with Crippen LogP contribution in [0, 0.1) is 5.92 Å². The van der Waals surface area contributed by atoms with Crippen molar-refractivity contribution in [3.8, 4) is 0 Å². The lowest BCUT2D eigenvalue weighted by molar-refractivity contribution is -0.140. The summed E-state index contributed by atoms with van der Waals surface area (Å²) in [7, 11) is 0. The molecule has 3 heteroatoms. The van der Waals surface area contributed by atoms with E-state index in [0.29, 0.717) is 0 Å². The SMILES string of the molecule is CC(Br)[C@@H](C)C(=O)O. The van der Waals surface area contributed by atoms with Crippen molar-refractivity contribution in [3.63, 3.8) is 0 Å². The Kier molecular flexibility index (Phi) is 3.05. The van der Waals surface area contributed by atoms with E-state index in [0.717, 1.165) is 0 Å². The average molecular weight is 181 g/mol. The number of rotatable bonds is 2. The van der Waals surface area contributed by atoms with E-state index in [1.165, 1.54) is 0 Å². The number of aliphatic carboxylic acids is 1. The fourth-order valence-electron chi connectivity index (χ4n) is 0.196. The second-order valence-corrected chi connectivity index (χ2v) is 3.25. The lowest BCUT2D eigenvalue weighted by atomic mass is 10.1. The Labute approximate surface area is 57.0 Å². The maximum absolute atomic E-state index is 10.1. The van der Waals surface area contributed by atoms with Crippen molar-refractivity contribution in [1.82, 2.24) is 0 Å². The number of carboxylic acid groups (broad SMARTS) is 1. The first-order valence-electron chi connectivity index (χ1n) is 2.42. The lowest BCUT2D eigenvalue weighted by Gasteiger charge is -2.05. The smallest absolute Gasteiger partial charge is 0.307 e. The summed E-state index contributed by atoms with van der Waals surface area (Å²) in [4.78, 5) is 10.2. The zero-order valence-corrected chi connectivity index (χ0v) is 6.47. The minimum atomic E-state index is -0.755. The fourth-order valence-corrected chi connectivity index (χ4v) is 0.423. The van der Waals surface area contributed by atoms with Crippen molar-refractivity contribution in [2.45, 2.75) is 18.7 Å². The Balaban J connectivity index is 3.64. The van der Waals surface area contributed by atoms with Gasteiger partial charge in [0.2, 0.25) is 0 Å². The second-order valence-electron chi connectivity index (χ2n) is 1.80. The predicted octanol–water partition coefficient (Wildman–Crippen LogP) is 1.49. The summed E-state index contributed by atoms with van der Waals surface area (Å²) in [6, 6.07) is 0. The van der Waals surface area contributed by atoms with Gasteiger partial charge in [0.15, 0.2) is 0 Å². The normalized spacial score (nSPS) is 17.4. The Morgan fingerprint density at radius 3 is 2.00 bits per heavy atom. The molecule has 0 bridgehead atoms. The second kappa shape index (κ2) is 3.07. The molecule has 0 aliphatic heterocycles. The molecule has 0 spiro atoms. The predicted molar refractivity (Wildman–Crippen MR) is 35.2 cm³/mol. The highest BCUT2D eigenvalue weighted by Gasteiger charge is 2.15. The first-order chi connectivity index (χ1) is 3.55. The molecule has 0 rings (SSSR count). The van der Waals surface area contributed by atoms with Crippen LogP contribution in [0.3, 0.4) is 0 Å². The Bertz CT molecular complexity index is 90.4. The molecule has 0 aliphatic carbocycles. The minimum absolute atomic E-state index is 0.0556. The highest BCUT2D eigenvalue weighted by Crippen LogP contribution is 2.10. The molecule has 1 unspecified atom stereocenters. The molecular formula is C5H9BrO2. The Morgan fingerprint density at radius 2 is 2.00 bits per heavy atom. The van der Waals surface area contributed by atoms with E-state index in [2.05, 4.69) is 15.9 Å². The maximum Gasteiger partial charge on any atom is 0.307 e. The first kappa shape index (κ1) is 7.95. The number of alkyl halides is 1. The van der Waals surface area contributed by atoms with Gasteiger partial charge in [-0.15, -0.1) is 0 Å². The monoisotopic (exact) mass is 180 g/mol. The van der Waals surface area contributed by atoms with Crippen molar-refractivity contribution in [3.05, 3.63) is 0 Å². The third kappa shape index (κ3) is 2.31. The molecule has 0 heterocycles. The lowest BCUT2D eigenvalue weighted by Crippen LogP contribution is -2.17. The van der Waals surface area contributed by atoms with Gasteiger partial charge in [-0.25, -0.2) is 0 Å². The summed E-state index contributed by atoms with van der Waals surface area (Å²) in [5, 5.41) is 8.32. The van der Waals surface area contributed by atoms with Gasteiger partial charge in [0.25, 0.3) is 0 Å². The van der Waals surface area contributed by atoms with Crippen molar-refractivity contribution in [2.24, 2.45) is 5.92 Å². The van der Waals surface area contributed by atoms with Crippen molar-refractivity contribution in [1.29, 1.82) is 0 Å². The van der Waals surface area contributed by atoms with Crippen molar-refractivity contribution >= 4 is 21.9 Å². The summed E-state index contributed by atoms with van der Waals surface area (Å²) >= 11 is 3.16. The molecule has 2 nitrogen and oxygen atoms in total. The summed E-state index contributed by atoms with van der Waals surface area (Å²) in [6.45, 7) is 3.49. The van der Waals surface area contributed by atoms with Gasteiger partial charge in [-0.2, -0.15) is 0 Å². The van der Waals surface area contributed by atoms with E-state index in [1.54, 1.807) is 6.92 Å². The Hall–Kier alpha value is -0.0500. The zero-order valence-electron chi connectivity index (χ0n) is 4.89. The van der Waals surface area contributed by atoms with Crippen LogP contribution < -0.4 is 0 Å². The number of hydrogen-bond donors (Lipinski definition) is 1. The highest BCUT2D eigenvalue weighted by atomic mass is 79.9. The first-order valence-corrected chi connectivity index (χ1v) is 3.34. The van der Waals surface area contributed by atoms with E-state index in [9.17, 15) is 4.79 Å².